The first-order valence-electron chi connectivity index (χ1n) is 7.20. The quantitative estimate of drug-likeness (QED) is 0.430. The molecule has 0 aromatic carbocycles. The summed E-state index contributed by atoms with van der Waals surface area (Å²) < 4.78 is 29.0. The number of aliphatic hydroxyl groups is 1. The number of nitrogens with zero attached hydrogens (tertiary/aromatic N) is 4. The molecule has 3 heterocycles. The fourth-order valence-corrected chi connectivity index (χ4v) is 3.23. The van der Waals surface area contributed by atoms with Gasteiger partial charge in [0.1, 0.15) is 36.8 Å². The zero-order valence-corrected chi connectivity index (χ0v) is 13.8. The van der Waals surface area contributed by atoms with Crippen LogP contribution in [0.25, 0.3) is 11.2 Å². The lowest BCUT2D eigenvalue weighted by atomic mass is 10.1. The van der Waals surface area contributed by atoms with Gasteiger partial charge < -0.3 is 29.7 Å². The zero-order chi connectivity index (χ0) is 18.0. The molecule has 3 rings (SSSR count). The number of rotatable bonds is 6. The molecule has 2 unspecified atom stereocenters. The van der Waals surface area contributed by atoms with Gasteiger partial charge in [0.05, 0.1) is 12.9 Å². The van der Waals surface area contributed by atoms with Crippen LogP contribution in [-0.2, 0) is 18.6 Å². The summed E-state index contributed by atoms with van der Waals surface area (Å²) in [5, 5.41) is 9.52. The van der Waals surface area contributed by atoms with E-state index in [2.05, 4.69) is 20.9 Å². The molecular weight excluding hydrogens is 353 g/mol. The Bertz CT molecular complexity index is 823. The predicted molar refractivity (Wildman–Crippen MR) is 85.4 cm³/mol. The molecule has 0 radical (unpaired) electrons. The lowest BCUT2D eigenvalue weighted by molar-refractivity contribution is -0.0635. The fourth-order valence-electron chi connectivity index (χ4n) is 2.72. The van der Waals surface area contributed by atoms with Gasteiger partial charge >= 0.3 is 8.25 Å². The van der Waals surface area contributed by atoms with Gasteiger partial charge in [-0.1, -0.05) is 5.92 Å². The number of ether oxygens (including phenoxy) is 2. The van der Waals surface area contributed by atoms with Crippen molar-refractivity contribution in [2.45, 2.75) is 24.5 Å². The van der Waals surface area contributed by atoms with E-state index in [1.165, 1.54) is 17.2 Å². The van der Waals surface area contributed by atoms with E-state index in [1.54, 1.807) is 0 Å². The minimum Gasteiger partial charge on any atom is -0.394 e. The number of aromatic nitrogens is 4. The highest BCUT2D eigenvalue weighted by Crippen LogP contribution is 2.38. The molecule has 1 fully saturated rings. The molecule has 0 spiro atoms. The number of hydrogen-bond donors (Lipinski definition) is 3. The largest absolute Gasteiger partial charge is 0.394 e. The van der Waals surface area contributed by atoms with Crippen LogP contribution in [0.2, 0.25) is 0 Å². The Hall–Kier alpha value is -2.06. The van der Waals surface area contributed by atoms with Crippen molar-refractivity contribution in [3.63, 3.8) is 0 Å². The number of hydrogen-bond acceptors (Lipinski definition) is 9. The molecule has 5 atom stereocenters. The molecule has 2 aromatic heterocycles. The Kier molecular flexibility index (Phi) is 5.29. The Labute approximate surface area is 142 Å². The minimum atomic E-state index is -3.30. The van der Waals surface area contributed by atoms with E-state index in [0.29, 0.717) is 11.2 Å². The van der Waals surface area contributed by atoms with Crippen molar-refractivity contribution in [3.05, 3.63) is 12.7 Å². The third-order valence-corrected chi connectivity index (χ3v) is 4.20. The highest BCUT2D eigenvalue weighted by Gasteiger charge is 2.48. The Morgan fingerprint density at radius 1 is 1.44 bits per heavy atom. The van der Waals surface area contributed by atoms with E-state index < -0.39 is 39.4 Å². The summed E-state index contributed by atoms with van der Waals surface area (Å²) in [4.78, 5) is 21.3. The van der Waals surface area contributed by atoms with Gasteiger partial charge in [-0.25, -0.2) is 15.0 Å². The molecule has 0 amide bonds. The van der Waals surface area contributed by atoms with Crippen molar-refractivity contribution in [3.8, 4) is 12.3 Å². The van der Waals surface area contributed by atoms with Gasteiger partial charge in [0.2, 0.25) is 0 Å². The Balaban J connectivity index is 2.01. The average Bonchev–Trinajstić information content (AvgIpc) is 3.15. The van der Waals surface area contributed by atoms with Gasteiger partial charge in [-0.15, -0.1) is 6.42 Å². The van der Waals surface area contributed by atoms with Gasteiger partial charge in [-0.05, 0) is 0 Å². The van der Waals surface area contributed by atoms with Crippen LogP contribution in [0.1, 0.15) is 6.23 Å². The highest BCUT2D eigenvalue weighted by atomic mass is 31.1. The maximum absolute atomic E-state index is 11.2. The normalized spacial score (nSPS) is 27.4. The topological polar surface area (TPSA) is 155 Å². The van der Waals surface area contributed by atoms with Crippen molar-refractivity contribution in [1.82, 2.24) is 19.5 Å². The lowest BCUT2D eigenvalue weighted by Crippen LogP contribution is -2.36. The zero-order valence-electron chi connectivity index (χ0n) is 12.8. The predicted octanol–water partition coefficient (Wildman–Crippen LogP) is -0.916. The summed E-state index contributed by atoms with van der Waals surface area (Å²) >= 11 is 0. The molecule has 2 aromatic rings. The van der Waals surface area contributed by atoms with Crippen molar-refractivity contribution in [1.29, 1.82) is 0 Å². The van der Waals surface area contributed by atoms with Gasteiger partial charge in [0.15, 0.2) is 17.7 Å². The number of nitrogens with two attached hydrogens (primary N) is 1. The maximum Gasteiger partial charge on any atom is 0.317 e. The van der Waals surface area contributed by atoms with Crippen molar-refractivity contribution in [2.75, 3.05) is 18.9 Å². The third kappa shape index (κ3) is 3.36. The number of fused-ring (bicyclic) bond motifs is 1. The second-order valence-corrected chi connectivity index (χ2v) is 5.93. The molecule has 1 aliphatic heterocycles. The molecule has 0 saturated carbocycles. The monoisotopic (exact) mass is 369 g/mol. The van der Waals surface area contributed by atoms with Crippen LogP contribution in [0.4, 0.5) is 5.82 Å². The number of imidazole rings is 1. The second kappa shape index (κ2) is 7.45. The molecule has 134 valence electrons. The minimum absolute atomic E-state index is 0.0847. The first kappa shape index (κ1) is 17.8. The van der Waals surface area contributed by atoms with Crippen LogP contribution in [0, 0.1) is 12.3 Å². The van der Waals surface area contributed by atoms with Crippen LogP contribution in [0.5, 0.6) is 0 Å². The maximum atomic E-state index is 11.2. The van der Waals surface area contributed by atoms with E-state index in [9.17, 15) is 9.67 Å². The van der Waals surface area contributed by atoms with Crippen molar-refractivity contribution >= 4 is 25.2 Å². The number of terminal acetylenes is 1. The molecule has 0 bridgehead atoms. The molecular formula is C13H16N5O6P. The summed E-state index contributed by atoms with van der Waals surface area (Å²) in [6.45, 7) is -0.533. The van der Waals surface area contributed by atoms with Crippen molar-refractivity contribution < 1.29 is 28.6 Å². The molecule has 25 heavy (non-hydrogen) atoms. The average molecular weight is 369 g/mol. The van der Waals surface area contributed by atoms with Crippen LogP contribution in [-0.4, -0.2) is 61.0 Å². The van der Waals surface area contributed by atoms with Gasteiger partial charge in [-0.3, -0.25) is 9.13 Å². The first-order valence-corrected chi connectivity index (χ1v) is 8.47. The number of nitrogen functional groups attached to an aromatic ring is 1. The molecule has 1 aliphatic rings. The van der Waals surface area contributed by atoms with Crippen LogP contribution in [0.15, 0.2) is 12.7 Å². The third-order valence-electron chi connectivity index (χ3n) is 3.72. The summed E-state index contributed by atoms with van der Waals surface area (Å²) in [6, 6.07) is 0. The van der Waals surface area contributed by atoms with Gasteiger partial charge in [0, 0.05) is 0 Å². The van der Waals surface area contributed by atoms with Crippen LogP contribution >= 0.6 is 8.25 Å². The SMILES string of the molecule is C#CCO[C@H]1C(O[PH](=O)O)[C@@H](CO)O[C@H]1n1cnc2c(N)ncnc21. The molecule has 11 nitrogen and oxygen atoms in total. The van der Waals surface area contributed by atoms with E-state index in [4.69, 9.17) is 31.0 Å². The fraction of sp³-hybridized carbons (Fsp3) is 0.462. The molecule has 4 N–H and O–H groups in total. The number of anilines is 1. The lowest BCUT2D eigenvalue weighted by Gasteiger charge is -2.23. The summed E-state index contributed by atoms with van der Waals surface area (Å²) in [6.07, 6.45) is 4.30. The molecule has 0 aliphatic carbocycles. The Morgan fingerprint density at radius 3 is 2.92 bits per heavy atom. The summed E-state index contributed by atoms with van der Waals surface area (Å²) in [5.41, 5.74) is 6.51. The van der Waals surface area contributed by atoms with E-state index >= 15 is 0 Å². The summed E-state index contributed by atoms with van der Waals surface area (Å²) in [7, 11) is -3.30. The molecule has 12 heteroatoms. The van der Waals surface area contributed by atoms with E-state index in [-0.39, 0.29) is 12.4 Å². The number of aliphatic hydroxyl groups excluding tert-OH is 1. The van der Waals surface area contributed by atoms with E-state index in [1.807, 2.05) is 0 Å². The van der Waals surface area contributed by atoms with Crippen molar-refractivity contribution in [2.24, 2.45) is 0 Å². The first-order chi connectivity index (χ1) is 12.1. The standard InChI is InChI=1S/C13H16N5O6P/c1-2-3-22-10-9(24-25(20)21)7(4-19)23-13(10)18-6-17-8-11(14)15-5-16-12(8)18/h1,5-7,9-10,13,19,25H,3-4H2,(H,20,21)(H2,14,15,16)/t7-,9?,10+,13-/m1/s1. The highest BCUT2D eigenvalue weighted by molar-refractivity contribution is 7.32. The second-order valence-electron chi connectivity index (χ2n) is 5.16. The van der Waals surface area contributed by atoms with Crippen LogP contribution < -0.4 is 5.73 Å². The Morgan fingerprint density at radius 2 is 2.24 bits per heavy atom. The van der Waals surface area contributed by atoms with Gasteiger partial charge in [0.25, 0.3) is 0 Å². The summed E-state index contributed by atoms with van der Waals surface area (Å²) in [5.74, 6) is 2.50. The molecule has 1 saturated heterocycles. The smallest absolute Gasteiger partial charge is 0.317 e. The van der Waals surface area contributed by atoms with E-state index in [0.717, 1.165) is 0 Å². The van der Waals surface area contributed by atoms with Crippen LogP contribution in [0.3, 0.4) is 0 Å². The van der Waals surface area contributed by atoms with Gasteiger partial charge in [-0.2, -0.15) is 0 Å².